The van der Waals surface area contributed by atoms with Crippen LogP contribution < -0.4 is 4.72 Å². The smallest absolute Gasteiger partial charge is 0.352 e. The van der Waals surface area contributed by atoms with Crippen LogP contribution in [0.25, 0.3) is 0 Å². The van der Waals surface area contributed by atoms with Gasteiger partial charge in [0.15, 0.2) is 0 Å². The molecule has 0 aliphatic carbocycles. The number of carbonyl (C=O) groups is 1. The molecule has 0 saturated carbocycles. The van der Waals surface area contributed by atoms with Crippen LogP contribution in [0.2, 0.25) is 0 Å². The average molecular weight is 290 g/mol. The van der Waals surface area contributed by atoms with E-state index in [1.54, 1.807) is 0 Å². The van der Waals surface area contributed by atoms with Gasteiger partial charge in [-0.15, -0.1) is 0 Å². The third kappa shape index (κ3) is 3.34. The van der Waals surface area contributed by atoms with Crippen LogP contribution in [0.4, 0.5) is 0 Å². The van der Waals surface area contributed by atoms with Crippen molar-refractivity contribution < 1.29 is 23.4 Å². The number of rotatable bonds is 5. The Labute approximate surface area is 111 Å². The molecule has 19 heavy (non-hydrogen) atoms. The molecule has 1 unspecified atom stereocenters. The van der Waals surface area contributed by atoms with Crippen molar-refractivity contribution in [3.05, 3.63) is 18.0 Å². The number of nitrogens with one attached hydrogen (secondary N) is 1. The Morgan fingerprint density at radius 3 is 2.37 bits per heavy atom. The van der Waals surface area contributed by atoms with Crippen molar-refractivity contribution in [2.24, 2.45) is 7.05 Å². The summed E-state index contributed by atoms with van der Waals surface area (Å²) in [5, 5.41) is 18.4. The number of aliphatic hydroxyl groups is 1. The molecule has 1 aromatic rings. The third-order valence-corrected chi connectivity index (χ3v) is 4.59. The lowest BCUT2D eigenvalue weighted by atomic mass is 10.0. The quantitative estimate of drug-likeness (QED) is 0.716. The van der Waals surface area contributed by atoms with Crippen molar-refractivity contribution in [3.8, 4) is 0 Å². The highest BCUT2D eigenvalue weighted by atomic mass is 32.2. The van der Waals surface area contributed by atoms with Gasteiger partial charge in [-0.05, 0) is 26.8 Å². The second-order valence-electron chi connectivity index (χ2n) is 4.98. The minimum atomic E-state index is -3.89. The van der Waals surface area contributed by atoms with E-state index in [-0.39, 0.29) is 10.6 Å². The highest BCUT2D eigenvalue weighted by Gasteiger charge is 2.31. The van der Waals surface area contributed by atoms with Gasteiger partial charge in [-0.25, -0.2) is 17.9 Å². The fraction of sp³-hybridized carbons (Fsp3) is 0.545. The van der Waals surface area contributed by atoms with Crippen LogP contribution in [-0.4, -0.2) is 40.8 Å². The van der Waals surface area contributed by atoms with Crippen molar-refractivity contribution in [3.63, 3.8) is 0 Å². The molecular weight excluding hydrogens is 272 g/mol. The maximum absolute atomic E-state index is 12.1. The number of aryl methyl sites for hydroxylation is 1. The predicted octanol–water partition coefficient (Wildman–Crippen LogP) is 0.161. The number of aromatic carboxylic acids is 1. The van der Waals surface area contributed by atoms with Crippen molar-refractivity contribution in [1.82, 2.24) is 9.29 Å². The Kier molecular flexibility index (Phi) is 4.08. The molecule has 7 nitrogen and oxygen atoms in total. The Bertz CT molecular complexity index is 586. The van der Waals surface area contributed by atoms with Crippen LogP contribution in [0.1, 0.15) is 31.3 Å². The zero-order valence-corrected chi connectivity index (χ0v) is 12.0. The van der Waals surface area contributed by atoms with Crippen LogP contribution in [0.3, 0.4) is 0 Å². The van der Waals surface area contributed by atoms with Gasteiger partial charge in [0, 0.05) is 13.2 Å². The van der Waals surface area contributed by atoms with Crippen molar-refractivity contribution >= 4 is 16.0 Å². The van der Waals surface area contributed by atoms with Crippen LogP contribution in [-0.2, 0) is 17.1 Å². The van der Waals surface area contributed by atoms with Gasteiger partial charge >= 0.3 is 5.97 Å². The average Bonchev–Trinajstić information content (AvgIpc) is 2.59. The molecule has 1 atom stereocenters. The van der Waals surface area contributed by atoms with Gasteiger partial charge in [0.1, 0.15) is 10.6 Å². The SMILES string of the molecule is CC(O)C(C)(C)NS(=O)(=O)c1cc(C(=O)O)n(C)c1. The number of aromatic nitrogens is 1. The van der Waals surface area contributed by atoms with Gasteiger partial charge in [0.25, 0.3) is 0 Å². The maximum atomic E-state index is 12.1. The summed E-state index contributed by atoms with van der Waals surface area (Å²) in [5.74, 6) is -1.21. The van der Waals surface area contributed by atoms with E-state index in [1.165, 1.54) is 38.6 Å². The molecule has 8 heteroatoms. The molecule has 0 amide bonds. The highest BCUT2D eigenvalue weighted by Crippen LogP contribution is 2.18. The molecule has 0 aliphatic rings. The van der Waals surface area contributed by atoms with E-state index in [0.29, 0.717) is 0 Å². The zero-order valence-electron chi connectivity index (χ0n) is 11.2. The number of carboxylic acid groups (broad SMARTS) is 1. The fourth-order valence-electron chi connectivity index (χ4n) is 1.38. The van der Waals surface area contributed by atoms with Crippen molar-refractivity contribution in [1.29, 1.82) is 0 Å². The summed E-state index contributed by atoms with van der Waals surface area (Å²) in [6.45, 7) is 4.54. The zero-order chi connectivity index (χ0) is 15.0. The molecule has 1 rings (SSSR count). The lowest BCUT2D eigenvalue weighted by Gasteiger charge is -2.28. The summed E-state index contributed by atoms with van der Waals surface area (Å²) in [6.07, 6.45) is 0.314. The first-order valence-electron chi connectivity index (χ1n) is 5.59. The predicted molar refractivity (Wildman–Crippen MR) is 68.5 cm³/mol. The lowest BCUT2D eigenvalue weighted by Crippen LogP contribution is -2.50. The van der Waals surface area contributed by atoms with Crippen molar-refractivity contribution in [2.45, 2.75) is 37.3 Å². The largest absolute Gasteiger partial charge is 0.477 e. The second-order valence-corrected chi connectivity index (χ2v) is 6.66. The molecular formula is C11H18N2O5S. The van der Waals surface area contributed by atoms with Crippen molar-refractivity contribution in [2.75, 3.05) is 0 Å². The van der Waals surface area contributed by atoms with E-state index in [2.05, 4.69) is 4.72 Å². The highest BCUT2D eigenvalue weighted by molar-refractivity contribution is 7.89. The summed E-state index contributed by atoms with van der Waals surface area (Å²) in [4.78, 5) is 10.7. The molecule has 1 aromatic heterocycles. The van der Waals surface area contributed by atoms with E-state index in [4.69, 9.17) is 5.11 Å². The summed E-state index contributed by atoms with van der Waals surface area (Å²) in [7, 11) is -2.45. The number of carboxylic acids is 1. The van der Waals surface area contributed by atoms with E-state index in [9.17, 15) is 18.3 Å². The van der Waals surface area contributed by atoms with E-state index in [1.807, 2.05) is 0 Å². The molecule has 0 saturated heterocycles. The summed E-state index contributed by atoms with van der Waals surface area (Å²) in [6, 6.07) is 1.07. The fourth-order valence-corrected chi connectivity index (χ4v) is 2.93. The normalized spacial score (nSPS) is 14.4. The molecule has 1 heterocycles. The molecule has 0 bridgehead atoms. The van der Waals surface area contributed by atoms with Gasteiger partial charge in [-0.3, -0.25) is 0 Å². The molecule has 0 aromatic carbocycles. The summed E-state index contributed by atoms with van der Waals surface area (Å²) in [5.41, 5.74) is -1.19. The van der Waals surface area contributed by atoms with E-state index in [0.717, 1.165) is 6.07 Å². The lowest BCUT2D eigenvalue weighted by molar-refractivity contribution is 0.0686. The van der Waals surface area contributed by atoms with Gasteiger partial charge < -0.3 is 14.8 Å². The molecule has 3 N–H and O–H groups in total. The third-order valence-electron chi connectivity index (χ3n) is 2.95. The minimum absolute atomic E-state index is 0.129. The van der Waals surface area contributed by atoms with E-state index >= 15 is 0 Å². The molecule has 0 spiro atoms. The van der Waals surface area contributed by atoms with Gasteiger partial charge in [-0.1, -0.05) is 0 Å². The molecule has 0 fully saturated rings. The first-order valence-corrected chi connectivity index (χ1v) is 7.07. The van der Waals surface area contributed by atoms with Gasteiger partial charge in [-0.2, -0.15) is 0 Å². The van der Waals surface area contributed by atoms with Gasteiger partial charge in [0.2, 0.25) is 10.0 Å². The second kappa shape index (κ2) is 4.95. The molecule has 0 radical (unpaired) electrons. The summed E-state index contributed by atoms with van der Waals surface area (Å²) < 4.78 is 27.8. The van der Waals surface area contributed by atoms with Gasteiger partial charge in [0.05, 0.1) is 11.6 Å². The monoisotopic (exact) mass is 290 g/mol. The number of nitrogens with zero attached hydrogens (tertiary/aromatic N) is 1. The first-order chi connectivity index (χ1) is 8.47. The maximum Gasteiger partial charge on any atom is 0.352 e. The minimum Gasteiger partial charge on any atom is -0.477 e. The Hall–Kier alpha value is -1.38. The Morgan fingerprint density at radius 1 is 1.47 bits per heavy atom. The van der Waals surface area contributed by atoms with Crippen LogP contribution in [0.5, 0.6) is 0 Å². The standard InChI is InChI=1S/C11H18N2O5S/c1-7(14)11(2,3)12-19(17,18)8-5-9(10(15)16)13(4)6-8/h5-7,12,14H,1-4H3,(H,15,16). The van der Waals surface area contributed by atoms with Crippen LogP contribution in [0.15, 0.2) is 17.2 Å². The topological polar surface area (TPSA) is 109 Å². The molecule has 0 aliphatic heterocycles. The first kappa shape index (κ1) is 15.7. The number of hydrogen-bond donors (Lipinski definition) is 3. The summed E-state index contributed by atoms with van der Waals surface area (Å²) >= 11 is 0. The van der Waals surface area contributed by atoms with E-state index < -0.39 is 27.6 Å². The number of sulfonamides is 1. The van der Waals surface area contributed by atoms with Crippen LogP contribution in [0, 0.1) is 0 Å². The molecule has 108 valence electrons. The number of aliphatic hydroxyl groups excluding tert-OH is 1. The Morgan fingerprint density at radius 2 is 2.00 bits per heavy atom. The Balaban J connectivity index is 3.15. The van der Waals surface area contributed by atoms with Crippen LogP contribution >= 0.6 is 0 Å². The number of hydrogen-bond acceptors (Lipinski definition) is 4.